The molecule has 8 nitrogen and oxygen atoms in total. The van der Waals surface area contributed by atoms with Gasteiger partial charge in [-0.2, -0.15) is 0 Å². The standard InChI is InChI=1S/C81H141N2O6P/c1-6-8-10-12-14-16-18-20-22-24-26-28-30-32-34-36-37-38-39-40-41-42-43-44-45-47-49-51-53-55-57-59-61-63-65-67-69-71-73-75-81(85)82-79(78-89-90(86,87)88-77-76-83(3,4)5)80(84)74-72-70-68-66-64-62-60-58-56-54-52-50-48-46-35-33-31-29-27-25-23-21-19-17-15-13-11-9-7-2/h8,10,14,16,20,22,26,28,32,34,37-38,40-41,43-44,47,49,56,58,64,66,72,74,79-80,84H,6-7,9,11-13,15,17-19,21,23-25,27,29-31,33,35-36,39,42,45-46,48,50-55,57,59-63,65,67-71,73,75-78H2,1-5H3,(H-,82,85,86,87)/b10-8-,16-14-,22-20-,28-26-,34-32-,38-37-,41-40-,44-43-,49-47-,58-56+,66-64+,74-72+. The van der Waals surface area contributed by atoms with E-state index in [1.54, 1.807) is 6.08 Å². The number of nitrogens with zero attached hydrogens (tertiary/aromatic N) is 1. The summed E-state index contributed by atoms with van der Waals surface area (Å²) in [7, 11) is 1.22. The highest BCUT2D eigenvalue weighted by Crippen LogP contribution is 2.38. The number of unbranched alkanes of at least 4 members (excludes halogenated alkanes) is 32. The van der Waals surface area contributed by atoms with E-state index in [-0.39, 0.29) is 12.5 Å². The Morgan fingerprint density at radius 3 is 1.03 bits per heavy atom. The average molecular weight is 1270 g/mol. The molecule has 0 radical (unpaired) electrons. The number of allylic oxidation sites excluding steroid dienone is 23. The van der Waals surface area contributed by atoms with Gasteiger partial charge in [-0.1, -0.05) is 333 Å². The lowest BCUT2D eigenvalue weighted by Crippen LogP contribution is -2.45. The third-order valence-electron chi connectivity index (χ3n) is 16.0. The van der Waals surface area contributed by atoms with Gasteiger partial charge >= 0.3 is 0 Å². The second kappa shape index (κ2) is 69.7. The Balaban J connectivity index is 4.15. The fourth-order valence-corrected chi connectivity index (χ4v) is 11.0. The van der Waals surface area contributed by atoms with Gasteiger partial charge in [-0.25, -0.2) is 0 Å². The molecule has 0 fully saturated rings. The second-order valence-corrected chi connectivity index (χ2v) is 27.3. The molecule has 0 saturated heterocycles. The van der Waals surface area contributed by atoms with Crippen LogP contribution in [0.4, 0.5) is 0 Å². The Kier molecular flexibility index (Phi) is 66.9. The number of carbonyl (C=O) groups is 1. The summed E-state index contributed by atoms with van der Waals surface area (Å²) in [6.07, 6.45) is 107. The van der Waals surface area contributed by atoms with Crippen LogP contribution in [-0.2, 0) is 18.4 Å². The molecule has 90 heavy (non-hydrogen) atoms. The predicted molar refractivity (Wildman–Crippen MR) is 394 cm³/mol. The van der Waals surface area contributed by atoms with Crippen LogP contribution < -0.4 is 10.2 Å². The van der Waals surface area contributed by atoms with E-state index >= 15 is 0 Å². The minimum absolute atomic E-state index is 0.0159. The number of phosphoric acid groups is 1. The summed E-state index contributed by atoms with van der Waals surface area (Å²) >= 11 is 0. The highest BCUT2D eigenvalue weighted by molar-refractivity contribution is 7.45. The van der Waals surface area contributed by atoms with E-state index in [9.17, 15) is 19.4 Å². The van der Waals surface area contributed by atoms with Gasteiger partial charge in [-0.15, -0.1) is 0 Å². The van der Waals surface area contributed by atoms with Crippen molar-refractivity contribution in [3.63, 3.8) is 0 Å². The van der Waals surface area contributed by atoms with Crippen LogP contribution in [0.3, 0.4) is 0 Å². The molecular formula is C81H141N2O6P. The van der Waals surface area contributed by atoms with E-state index < -0.39 is 26.6 Å². The van der Waals surface area contributed by atoms with Gasteiger partial charge < -0.3 is 28.8 Å². The molecule has 0 spiro atoms. The van der Waals surface area contributed by atoms with Gasteiger partial charge in [0.2, 0.25) is 5.91 Å². The van der Waals surface area contributed by atoms with Crippen molar-refractivity contribution in [2.24, 2.45) is 0 Å². The Bertz CT molecular complexity index is 1980. The molecule has 0 aromatic heterocycles. The third-order valence-corrected chi connectivity index (χ3v) is 17.0. The van der Waals surface area contributed by atoms with Crippen molar-refractivity contribution in [1.82, 2.24) is 5.32 Å². The molecule has 0 bridgehead atoms. The first-order valence-electron chi connectivity index (χ1n) is 37.2. The smallest absolute Gasteiger partial charge is 0.268 e. The van der Waals surface area contributed by atoms with Crippen molar-refractivity contribution in [1.29, 1.82) is 0 Å². The van der Waals surface area contributed by atoms with Crippen molar-refractivity contribution in [3.05, 3.63) is 146 Å². The number of phosphoric ester groups is 1. The molecule has 0 aromatic carbocycles. The van der Waals surface area contributed by atoms with Crippen molar-refractivity contribution in [2.75, 3.05) is 40.9 Å². The van der Waals surface area contributed by atoms with E-state index in [2.05, 4.69) is 153 Å². The Morgan fingerprint density at radius 1 is 0.400 bits per heavy atom. The minimum atomic E-state index is -4.63. The first-order chi connectivity index (χ1) is 44.0. The summed E-state index contributed by atoms with van der Waals surface area (Å²) in [6.45, 7) is 4.52. The number of amides is 1. The average Bonchev–Trinajstić information content (AvgIpc) is 3.72. The Labute approximate surface area is 557 Å². The SMILES string of the molecule is CC/C=C\C/C=C\C/C=C\C/C=C\C/C=C\C/C=C\C/C=C\C/C=C\C/C=C\CCCCCCCCCCCCCC(=O)NC(COP(=O)([O-])OCC[N+](C)(C)C)C(O)/C=C/CC/C=C/CC/C=C/CCCCCCCCCCCCCCCCCCCCC. The number of carbonyl (C=O) groups excluding carboxylic acids is 1. The van der Waals surface area contributed by atoms with Gasteiger partial charge in [-0.05, 0) is 116 Å². The van der Waals surface area contributed by atoms with Gasteiger partial charge in [0.1, 0.15) is 13.2 Å². The number of aliphatic hydroxyl groups is 1. The maximum atomic E-state index is 13.1. The third kappa shape index (κ3) is 71.8. The number of likely N-dealkylation sites (N-methyl/N-ethyl adjacent to an activating group) is 1. The number of hydrogen-bond donors (Lipinski definition) is 2. The van der Waals surface area contributed by atoms with Crippen LogP contribution >= 0.6 is 7.82 Å². The Hall–Kier alpha value is -3.62. The van der Waals surface area contributed by atoms with E-state index in [0.29, 0.717) is 17.4 Å². The zero-order chi connectivity index (χ0) is 65.5. The number of rotatable bonds is 67. The molecule has 2 N–H and O–H groups in total. The lowest BCUT2D eigenvalue weighted by molar-refractivity contribution is -0.870. The maximum absolute atomic E-state index is 13.1. The van der Waals surface area contributed by atoms with Gasteiger partial charge in [0, 0.05) is 6.42 Å². The van der Waals surface area contributed by atoms with Crippen LogP contribution in [0.1, 0.15) is 309 Å². The zero-order valence-electron chi connectivity index (χ0n) is 59.0. The van der Waals surface area contributed by atoms with E-state index in [4.69, 9.17) is 9.05 Å². The second-order valence-electron chi connectivity index (χ2n) is 25.9. The summed E-state index contributed by atoms with van der Waals surface area (Å²) in [5.41, 5.74) is 0. The lowest BCUT2D eigenvalue weighted by Gasteiger charge is -2.29. The molecule has 3 unspecified atom stereocenters. The van der Waals surface area contributed by atoms with Crippen molar-refractivity contribution >= 4 is 13.7 Å². The molecule has 0 aliphatic carbocycles. The highest BCUT2D eigenvalue weighted by Gasteiger charge is 2.23. The molecule has 0 heterocycles. The van der Waals surface area contributed by atoms with Crippen LogP contribution in [0.2, 0.25) is 0 Å². The normalized spacial score (nSPS) is 14.4. The molecule has 0 aliphatic rings. The van der Waals surface area contributed by atoms with Crippen LogP contribution in [0.5, 0.6) is 0 Å². The topological polar surface area (TPSA) is 108 Å². The predicted octanol–water partition coefficient (Wildman–Crippen LogP) is 23.7. The molecule has 1 amide bonds. The maximum Gasteiger partial charge on any atom is 0.268 e. The number of nitrogens with one attached hydrogen (secondary N) is 1. The number of quaternary nitrogens is 1. The highest BCUT2D eigenvalue weighted by atomic mass is 31.2. The molecule has 3 atom stereocenters. The van der Waals surface area contributed by atoms with Gasteiger partial charge in [0.05, 0.1) is 39.9 Å². The number of aliphatic hydroxyl groups excluding tert-OH is 1. The van der Waals surface area contributed by atoms with E-state index in [1.165, 1.54) is 180 Å². The summed E-state index contributed by atoms with van der Waals surface area (Å²) in [6, 6.07) is -0.923. The van der Waals surface area contributed by atoms with Crippen LogP contribution in [0.25, 0.3) is 0 Å². The van der Waals surface area contributed by atoms with Gasteiger partial charge in [0.25, 0.3) is 7.82 Å². The van der Waals surface area contributed by atoms with E-state index in [0.717, 1.165) is 109 Å². The fourth-order valence-electron chi connectivity index (χ4n) is 10.3. The van der Waals surface area contributed by atoms with Gasteiger partial charge in [-0.3, -0.25) is 9.36 Å². The Morgan fingerprint density at radius 2 is 0.689 bits per heavy atom. The first kappa shape index (κ1) is 86.4. The van der Waals surface area contributed by atoms with Crippen LogP contribution in [0.15, 0.2) is 146 Å². The van der Waals surface area contributed by atoms with Crippen LogP contribution in [-0.4, -0.2) is 68.5 Å². The van der Waals surface area contributed by atoms with Crippen molar-refractivity contribution < 1.29 is 32.9 Å². The first-order valence-corrected chi connectivity index (χ1v) is 38.7. The molecule has 516 valence electrons. The number of hydrogen-bond acceptors (Lipinski definition) is 6. The molecule has 0 aromatic rings. The summed E-state index contributed by atoms with van der Waals surface area (Å²) in [4.78, 5) is 25.7. The summed E-state index contributed by atoms with van der Waals surface area (Å²) in [5, 5.41) is 13.9. The quantitative estimate of drug-likeness (QED) is 0.0272. The minimum Gasteiger partial charge on any atom is -0.756 e. The molecular weight excluding hydrogens is 1130 g/mol. The molecule has 0 saturated carbocycles. The van der Waals surface area contributed by atoms with E-state index in [1.807, 2.05) is 27.2 Å². The molecule has 0 rings (SSSR count). The molecule has 9 heteroatoms. The van der Waals surface area contributed by atoms with Crippen LogP contribution in [0, 0.1) is 0 Å². The van der Waals surface area contributed by atoms with Crippen molar-refractivity contribution in [2.45, 2.75) is 321 Å². The summed E-state index contributed by atoms with van der Waals surface area (Å²) < 4.78 is 23.4. The zero-order valence-corrected chi connectivity index (χ0v) is 59.9. The monoisotopic (exact) mass is 1270 g/mol. The largest absolute Gasteiger partial charge is 0.756 e. The fraction of sp³-hybridized carbons (Fsp3) is 0.691. The lowest BCUT2D eigenvalue weighted by atomic mass is 10.0. The summed E-state index contributed by atoms with van der Waals surface area (Å²) in [5.74, 6) is -0.218. The molecule has 0 aliphatic heterocycles. The van der Waals surface area contributed by atoms with Gasteiger partial charge in [0.15, 0.2) is 0 Å². The van der Waals surface area contributed by atoms with Crippen molar-refractivity contribution in [3.8, 4) is 0 Å².